The van der Waals surface area contributed by atoms with Gasteiger partial charge in [0.15, 0.2) is 11.6 Å². The van der Waals surface area contributed by atoms with Crippen molar-refractivity contribution in [3.63, 3.8) is 0 Å². The van der Waals surface area contributed by atoms with E-state index in [1.807, 2.05) is 13.8 Å². The Morgan fingerprint density at radius 3 is 2.44 bits per heavy atom. The minimum absolute atomic E-state index is 0.0202. The number of allylic oxidation sites excluding steroid dienone is 1. The summed E-state index contributed by atoms with van der Waals surface area (Å²) < 4.78 is 0. The summed E-state index contributed by atoms with van der Waals surface area (Å²) in [5.74, 6) is -0.372. The van der Waals surface area contributed by atoms with Gasteiger partial charge in [-0.1, -0.05) is 33.6 Å². The molecule has 32 heavy (non-hydrogen) atoms. The molecule has 0 spiro atoms. The van der Waals surface area contributed by atoms with Crippen LogP contribution in [0, 0.1) is 40.4 Å². The van der Waals surface area contributed by atoms with Gasteiger partial charge in [0.1, 0.15) is 6.10 Å². The predicted octanol–water partition coefficient (Wildman–Crippen LogP) is 3.97. The standard InChI is InChI=1S/C27H44O5/c1-16(7-6-11-24(2,3)30)17-8-9-18-22-19(10-12-25(17,18)4)26(5)13-14-27(31,32)23(29)20(26)15-21(22)28/h15-19,22-23,29-32H,6-14H2,1-5H3/t16-,17-,18+,19+,22+,23-,25-,26-/m1/s1. The van der Waals surface area contributed by atoms with Crippen molar-refractivity contribution in [3.8, 4) is 0 Å². The number of ketones is 1. The van der Waals surface area contributed by atoms with Crippen molar-refractivity contribution in [2.24, 2.45) is 40.4 Å². The van der Waals surface area contributed by atoms with E-state index in [4.69, 9.17) is 0 Å². The fourth-order valence-electron chi connectivity index (χ4n) is 8.46. The summed E-state index contributed by atoms with van der Waals surface area (Å²) in [5, 5.41) is 41.2. The number of fused-ring (bicyclic) bond motifs is 5. The van der Waals surface area contributed by atoms with Crippen molar-refractivity contribution in [1.29, 1.82) is 0 Å². The van der Waals surface area contributed by atoms with Gasteiger partial charge in [-0.05, 0) is 98.5 Å². The Morgan fingerprint density at radius 1 is 1.09 bits per heavy atom. The third-order valence-electron chi connectivity index (χ3n) is 10.3. The van der Waals surface area contributed by atoms with Gasteiger partial charge in [-0.25, -0.2) is 0 Å². The largest absolute Gasteiger partial charge is 0.390 e. The van der Waals surface area contributed by atoms with Crippen molar-refractivity contribution in [3.05, 3.63) is 11.6 Å². The van der Waals surface area contributed by atoms with Crippen LogP contribution < -0.4 is 0 Å². The molecule has 4 aliphatic rings. The van der Waals surface area contributed by atoms with E-state index in [2.05, 4.69) is 20.8 Å². The molecule has 0 heterocycles. The summed E-state index contributed by atoms with van der Waals surface area (Å²) in [6, 6.07) is 0. The molecule has 5 nitrogen and oxygen atoms in total. The normalized spacial score (nSPS) is 44.3. The molecule has 0 aliphatic heterocycles. The average Bonchev–Trinajstić information content (AvgIpc) is 3.03. The number of carbonyl (C=O) groups excluding carboxylic acids is 1. The summed E-state index contributed by atoms with van der Waals surface area (Å²) in [7, 11) is 0. The summed E-state index contributed by atoms with van der Waals surface area (Å²) in [6.07, 6.45) is 8.18. The number of aliphatic hydroxyl groups excluding tert-OH is 1. The first-order valence-corrected chi connectivity index (χ1v) is 12.8. The van der Waals surface area contributed by atoms with Crippen LogP contribution in [0.2, 0.25) is 0 Å². The lowest BCUT2D eigenvalue weighted by atomic mass is 9.46. The van der Waals surface area contributed by atoms with Crippen LogP contribution in [0.15, 0.2) is 11.6 Å². The molecule has 3 saturated carbocycles. The maximum absolute atomic E-state index is 13.4. The highest BCUT2D eigenvalue weighted by Gasteiger charge is 2.63. The smallest absolute Gasteiger partial charge is 0.193 e. The zero-order chi connectivity index (χ0) is 23.7. The van der Waals surface area contributed by atoms with Gasteiger partial charge in [0.05, 0.1) is 5.60 Å². The van der Waals surface area contributed by atoms with E-state index < -0.39 is 17.5 Å². The van der Waals surface area contributed by atoms with Crippen LogP contribution >= 0.6 is 0 Å². The van der Waals surface area contributed by atoms with Crippen molar-refractivity contribution in [2.45, 2.75) is 110 Å². The molecular weight excluding hydrogens is 404 g/mol. The summed E-state index contributed by atoms with van der Waals surface area (Å²) in [4.78, 5) is 13.4. The second kappa shape index (κ2) is 7.90. The van der Waals surface area contributed by atoms with Crippen molar-refractivity contribution >= 4 is 5.78 Å². The first-order valence-electron chi connectivity index (χ1n) is 12.8. The Hall–Kier alpha value is -0.750. The number of aliphatic hydroxyl groups is 4. The van der Waals surface area contributed by atoms with Gasteiger partial charge in [-0.3, -0.25) is 4.79 Å². The van der Waals surface area contributed by atoms with E-state index >= 15 is 0 Å². The first kappa shape index (κ1) is 24.4. The molecule has 0 saturated heterocycles. The third kappa shape index (κ3) is 3.81. The Bertz CT molecular complexity index is 779. The molecule has 4 N–H and O–H groups in total. The van der Waals surface area contributed by atoms with Crippen LogP contribution in [0.4, 0.5) is 0 Å². The Kier molecular flexibility index (Phi) is 6.02. The van der Waals surface area contributed by atoms with Crippen LogP contribution in [0.3, 0.4) is 0 Å². The average molecular weight is 449 g/mol. The fraction of sp³-hybridized carbons (Fsp3) is 0.889. The highest BCUT2D eigenvalue weighted by Crippen LogP contribution is 2.67. The van der Waals surface area contributed by atoms with E-state index in [0.717, 1.165) is 44.9 Å². The van der Waals surface area contributed by atoms with Crippen molar-refractivity contribution < 1.29 is 25.2 Å². The molecule has 5 heteroatoms. The number of carbonyl (C=O) groups is 1. The Balaban J connectivity index is 1.56. The molecule has 8 atom stereocenters. The summed E-state index contributed by atoms with van der Waals surface area (Å²) >= 11 is 0. The van der Waals surface area contributed by atoms with Gasteiger partial charge in [0, 0.05) is 12.3 Å². The number of hydrogen-bond donors (Lipinski definition) is 4. The lowest BCUT2D eigenvalue weighted by Gasteiger charge is -2.59. The van der Waals surface area contributed by atoms with Gasteiger partial charge >= 0.3 is 0 Å². The van der Waals surface area contributed by atoms with E-state index in [0.29, 0.717) is 29.7 Å². The predicted molar refractivity (Wildman–Crippen MR) is 123 cm³/mol. The van der Waals surface area contributed by atoms with E-state index in [9.17, 15) is 25.2 Å². The molecule has 0 aromatic rings. The second-order valence-electron chi connectivity index (χ2n) is 12.8. The van der Waals surface area contributed by atoms with Gasteiger partial charge in [-0.2, -0.15) is 0 Å². The molecule has 0 aromatic carbocycles. The molecule has 0 amide bonds. The Morgan fingerprint density at radius 2 is 1.78 bits per heavy atom. The molecule has 4 aliphatic carbocycles. The molecule has 0 aromatic heterocycles. The minimum Gasteiger partial charge on any atom is -0.390 e. The Labute approximate surface area is 193 Å². The van der Waals surface area contributed by atoms with Crippen molar-refractivity contribution in [1.82, 2.24) is 0 Å². The van der Waals surface area contributed by atoms with Crippen LogP contribution in [0.25, 0.3) is 0 Å². The maximum atomic E-state index is 13.4. The third-order valence-corrected chi connectivity index (χ3v) is 10.3. The maximum Gasteiger partial charge on any atom is 0.193 e. The number of rotatable bonds is 5. The zero-order valence-corrected chi connectivity index (χ0v) is 20.6. The molecule has 4 rings (SSSR count). The highest BCUT2D eigenvalue weighted by atomic mass is 16.5. The summed E-state index contributed by atoms with van der Waals surface area (Å²) in [6.45, 7) is 10.7. The van der Waals surface area contributed by atoms with E-state index in [1.165, 1.54) is 0 Å². The SMILES string of the molecule is C[C@H](CCCC(C)(C)O)[C@H]1CC[C@H]2[C@@H]3C(=O)C=C4[C@@H](O)C(O)(O)CC[C@]4(C)[C@H]3CC[C@]12C. The molecule has 0 bridgehead atoms. The molecular formula is C27H44O5. The lowest BCUT2D eigenvalue weighted by molar-refractivity contribution is -0.241. The fourth-order valence-corrected chi connectivity index (χ4v) is 8.46. The van der Waals surface area contributed by atoms with Crippen LogP contribution in [-0.2, 0) is 4.79 Å². The zero-order valence-electron chi connectivity index (χ0n) is 20.6. The number of hydrogen-bond acceptors (Lipinski definition) is 5. The van der Waals surface area contributed by atoms with E-state index in [-0.39, 0.29) is 34.9 Å². The second-order valence-corrected chi connectivity index (χ2v) is 12.8. The van der Waals surface area contributed by atoms with Crippen LogP contribution in [0.1, 0.15) is 92.4 Å². The molecule has 182 valence electrons. The van der Waals surface area contributed by atoms with Crippen molar-refractivity contribution in [2.75, 3.05) is 0 Å². The van der Waals surface area contributed by atoms with Crippen LogP contribution in [0.5, 0.6) is 0 Å². The van der Waals surface area contributed by atoms with Gasteiger partial charge in [-0.15, -0.1) is 0 Å². The van der Waals surface area contributed by atoms with Gasteiger partial charge < -0.3 is 20.4 Å². The quantitative estimate of drug-likeness (QED) is 0.477. The van der Waals surface area contributed by atoms with Crippen LogP contribution in [-0.4, -0.2) is 43.7 Å². The monoisotopic (exact) mass is 448 g/mol. The highest BCUT2D eigenvalue weighted by molar-refractivity contribution is 5.94. The molecule has 0 unspecified atom stereocenters. The minimum atomic E-state index is -2.14. The topological polar surface area (TPSA) is 98.0 Å². The first-order chi connectivity index (χ1) is 14.7. The molecule has 3 fully saturated rings. The molecule has 0 radical (unpaired) electrons. The lowest BCUT2D eigenvalue weighted by Crippen LogP contribution is -2.59. The van der Waals surface area contributed by atoms with Gasteiger partial charge in [0.2, 0.25) is 0 Å². The van der Waals surface area contributed by atoms with Gasteiger partial charge in [0.25, 0.3) is 0 Å². The summed E-state index contributed by atoms with van der Waals surface area (Å²) in [5.41, 5.74) is -0.264. The van der Waals surface area contributed by atoms with E-state index in [1.54, 1.807) is 6.08 Å².